The molecule has 0 radical (unpaired) electrons. The van der Waals surface area contributed by atoms with E-state index >= 15 is 0 Å². The summed E-state index contributed by atoms with van der Waals surface area (Å²) in [5.41, 5.74) is 11.3. The summed E-state index contributed by atoms with van der Waals surface area (Å²) in [6, 6.07) is 0. The predicted molar refractivity (Wildman–Crippen MR) is 66.0 cm³/mol. The lowest BCUT2D eigenvalue weighted by Crippen LogP contribution is -2.25. The van der Waals surface area contributed by atoms with E-state index in [2.05, 4.69) is 40.0 Å². The number of hydrogen-bond donors (Lipinski definition) is 2. The molecule has 0 saturated heterocycles. The summed E-state index contributed by atoms with van der Waals surface area (Å²) >= 11 is 0. The Morgan fingerprint density at radius 3 is 1.60 bits per heavy atom. The zero-order valence-corrected chi connectivity index (χ0v) is 10.5. The Labute approximate surface area is 92.8 Å². The van der Waals surface area contributed by atoms with Crippen molar-refractivity contribution in [3.8, 4) is 0 Å². The number of nitrogens with one attached hydrogen (secondary N) is 1. The lowest BCUT2D eigenvalue weighted by atomic mass is 9.88. The van der Waals surface area contributed by atoms with Gasteiger partial charge in [0.25, 0.3) is 0 Å². The number of benzene rings is 1. The van der Waals surface area contributed by atoms with E-state index in [4.69, 9.17) is 5.84 Å². The van der Waals surface area contributed by atoms with Gasteiger partial charge in [-0.25, -0.2) is 0 Å². The monoisotopic (exact) mass is 206 g/mol. The van der Waals surface area contributed by atoms with Crippen LogP contribution in [-0.2, 0) is 6.42 Å². The van der Waals surface area contributed by atoms with Crippen LogP contribution in [0.3, 0.4) is 0 Å². The minimum absolute atomic E-state index is 0.837. The summed E-state index contributed by atoms with van der Waals surface area (Å²) in [6.45, 7) is 11.9. The van der Waals surface area contributed by atoms with Crippen LogP contribution in [-0.4, -0.2) is 6.54 Å². The van der Waals surface area contributed by atoms with Gasteiger partial charge in [0.05, 0.1) is 0 Å². The molecular formula is C13H22N2. The van der Waals surface area contributed by atoms with Crippen molar-refractivity contribution in [3.63, 3.8) is 0 Å². The molecule has 15 heavy (non-hydrogen) atoms. The van der Waals surface area contributed by atoms with Crippen LogP contribution < -0.4 is 11.3 Å². The van der Waals surface area contributed by atoms with Crippen LogP contribution in [0.4, 0.5) is 0 Å². The Kier molecular flexibility index (Phi) is 3.89. The Hall–Kier alpha value is -0.860. The molecule has 0 unspecified atom stereocenters. The van der Waals surface area contributed by atoms with Crippen LogP contribution in [0.15, 0.2) is 0 Å². The van der Waals surface area contributed by atoms with Gasteiger partial charge in [0.1, 0.15) is 0 Å². The third kappa shape index (κ3) is 2.21. The van der Waals surface area contributed by atoms with Gasteiger partial charge in [-0.3, -0.25) is 11.3 Å². The van der Waals surface area contributed by atoms with Gasteiger partial charge >= 0.3 is 0 Å². The van der Waals surface area contributed by atoms with Gasteiger partial charge in [-0.2, -0.15) is 0 Å². The molecular weight excluding hydrogens is 184 g/mol. The third-order valence-corrected chi connectivity index (χ3v) is 3.67. The molecule has 0 aliphatic heterocycles. The zero-order valence-electron chi connectivity index (χ0n) is 10.5. The Morgan fingerprint density at radius 2 is 1.20 bits per heavy atom. The number of rotatable bonds is 3. The molecule has 3 N–H and O–H groups in total. The largest absolute Gasteiger partial charge is 0.271 e. The van der Waals surface area contributed by atoms with Crippen LogP contribution in [0.5, 0.6) is 0 Å². The van der Waals surface area contributed by atoms with E-state index in [-0.39, 0.29) is 0 Å². The first-order chi connectivity index (χ1) is 7.00. The average Bonchev–Trinajstić information content (AvgIpc) is 2.24. The molecule has 1 aromatic carbocycles. The van der Waals surface area contributed by atoms with Gasteiger partial charge in [0.15, 0.2) is 0 Å². The highest BCUT2D eigenvalue weighted by atomic mass is 15.2. The summed E-state index contributed by atoms with van der Waals surface area (Å²) < 4.78 is 0. The van der Waals surface area contributed by atoms with Crippen molar-refractivity contribution in [3.05, 3.63) is 33.4 Å². The SMILES string of the molecule is Cc1c(C)c(C)c(CCNN)c(C)c1C. The summed E-state index contributed by atoms with van der Waals surface area (Å²) in [7, 11) is 0. The molecule has 0 aliphatic rings. The van der Waals surface area contributed by atoms with Gasteiger partial charge in [-0.05, 0) is 74.4 Å². The molecule has 0 aliphatic carbocycles. The van der Waals surface area contributed by atoms with Crippen molar-refractivity contribution in [1.29, 1.82) is 0 Å². The Morgan fingerprint density at radius 1 is 0.800 bits per heavy atom. The molecule has 1 aromatic rings. The second kappa shape index (κ2) is 4.77. The minimum atomic E-state index is 0.837. The first kappa shape index (κ1) is 12.2. The second-order valence-electron chi connectivity index (χ2n) is 4.31. The standard InChI is InChI=1S/C13H22N2/c1-8-9(2)11(4)13(6-7-15-14)12(5)10(8)3/h15H,6-7,14H2,1-5H3. The van der Waals surface area contributed by atoms with Crippen LogP contribution in [0.2, 0.25) is 0 Å². The molecule has 2 heteroatoms. The van der Waals surface area contributed by atoms with E-state index in [1.54, 1.807) is 0 Å². The maximum atomic E-state index is 5.33. The van der Waals surface area contributed by atoms with Gasteiger partial charge in [0.2, 0.25) is 0 Å². The average molecular weight is 206 g/mol. The quantitative estimate of drug-likeness (QED) is 0.588. The number of hydrogen-bond acceptors (Lipinski definition) is 2. The maximum Gasteiger partial charge on any atom is 0.0138 e. The molecule has 1 rings (SSSR count). The van der Waals surface area contributed by atoms with Crippen LogP contribution in [0, 0.1) is 34.6 Å². The van der Waals surface area contributed by atoms with Gasteiger partial charge in [0, 0.05) is 6.54 Å². The molecule has 0 saturated carbocycles. The third-order valence-electron chi connectivity index (χ3n) is 3.67. The highest BCUT2D eigenvalue weighted by molar-refractivity contribution is 5.49. The van der Waals surface area contributed by atoms with Crippen molar-refractivity contribution >= 4 is 0 Å². The van der Waals surface area contributed by atoms with Crippen molar-refractivity contribution in [2.75, 3.05) is 6.54 Å². The van der Waals surface area contributed by atoms with Crippen LogP contribution in [0.25, 0.3) is 0 Å². The smallest absolute Gasteiger partial charge is 0.0138 e. The van der Waals surface area contributed by atoms with E-state index in [1.807, 2.05) is 0 Å². The molecule has 0 fully saturated rings. The molecule has 0 aromatic heterocycles. The van der Waals surface area contributed by atoms with Gasteiger partial charge in [-0.1, -0.05) is 0 Å². The second-order valence-corrected chi connectivity index (χ2v) is 4.31. The van der Waals surface area contributed by atoms with Gasteiger partial charge in [-0.15, -0.1) is 0 Å². The predicted octanol–water partition coefficient (Wildman–Crippen LogP) is 2.23. The zero-order chi connectivity index (χ0) is 11.6. The first-order valence-corrected chi connectivity index (χ1v) is 5.50. The van der Waals surface area contributed by atoms with E-state index in [0.717, 1.165) is 13.0 Å². The maximum absolute atomic E-state index is 5.33. The lowest BCUT2D eigenvalue weighted by molar-refractivity contribution is 0.723. The van der Waals surface area contributed by atoms with E-state index in [0.29, 0.717) is 0 Å². The van der Waals surface area contributed by atoms with Crippen LogP contribution >= 0.6 is 0 Å². The highest BCUT2D eigenvalue weighted by Crippen LogP contribution is 2.26. The Balaban J connectivity index is 3.26. The molecule has 0 spiro atoms. The lowest BCUT2D eigenvalue weighted by Gasteiger charge is -2.18. The van der Waals surface area contributed by atoms with Crippen molar-refractivity contribution in [2.24, 2.45) is 5.84 Å². The topological polar surface area (TPSA) is 38.0 Å². The highest BCUT2D eigenvalue weighted by Gasteiger charge is 2.11. The Bertz CT molecular complexity index is 338. The van der Waals surface area contributed by atoms with E-state index in [1.165, 1.54) is 33.4 Å². The van der Waals surface area contributed by atoms with E-state index in [9.17, 15) is 0 Å². The van der Waals surface area contributed by atoms with Crippen molar-refractivity contribution < 1.29 is 0 Å². The van der Waals surface area contributed by atoms with Crippen LogP contribution in [0.1, 0.15) is 33.4 Å². The first-order valence-electron chi connectivity index (χ1n) is 5.50. The van der Waals surface area contributed by atoms with E-state index < -0.39 is 0 Å². The molecule has 84 valence electrons. The molecule has 0 heterocycles. The summed E-state index contributed by atoms with van der Waals surface area (Å²) in [5.74, 6) is 5.33. The number of hydrazine groups is 1. The minimum Gasteiger partial charge on any atom is -0.271 e. The summed E-state index contributed by atoms with van der Waals surface area (Å²) in [4.78, 5) is 0. The molecule has 0 atom stereocenters. The molecule has 2 nitrogen and oxygen atoms in total. The van der Waals surface area contributed by atoms with Gasteiger partial charge < -0.3 is 0 Å². The number of nitrogens with two attached hydrogens (primary N) is 1. The summed E-state index contributed by atoms with van der Waals surface area (Å²) in [6.07, 6.45) is 1.01. The summed E-state index contributed by atoms with van der Waals surface area (Å²) in [5, 5.41) is 0. The molecule has 0 bridgehead atoms. The fourth-order valence-corrected chi connectivity index (χ4v) is 2.15. The fraction of sp³-hybridized carbons (Fsp3) is 0.538. The normalized spacial score (nSPS) is 10.8. The molecule has 0 amide bonds. The van der Waals surface area contributed by atoms with Crippen molar-refractivity contribution in [1.82, 2.24) is 5.43 Å². The fourth-order valence-electron chi connectivity index (χ4n) is 2.15. The van der Waals surface area contributed by atoms with Crippen molar-refractivity contribution in [2.45, 2.75) is 41.0 Å².